The van der Waals surface area contributed by atoms with Gasteiger partial charge in [0.1, 0.15) is 0 Å². The molecule has 0 spiro atoms. The van der Waals surface area contributed by atoms with Crippen LogP contribution in [-0.2, 0) is 25.5 Å². The summed E-state index contributed by atoms with van der Waals surface area (Å²) in [4.78, 5) is 34.4. The van der Waals surface area contributed by atoms with Crippen LogP contribution in [0, 0.1) is 3.57 Å². The van der Waals surface area contributed by atoms with E-state index in [9.17, 15) is 14.4 Å². The molecule has 106 valence electrons. The van der Waals surface area contributed by atoms with E-state index in [-0.39, 0.29) is 30.8 Å². The van der Waals surface area contributed by atoms with Gasteiger partial charge in [0.05, 0.1) is 0 Å². The minimum Gasteiger partial charge on any atom is -0.446 e. The molecule has 0 aliphatic heterocycles. The fourth-order valence-corrected chi connectivity index (χ4v) is 2.56. The third-order valence-corrected chi connectivity index (χ3v) is 4.07. The Hall–Kier alpha value is -1.44. The molecule has 2 N–H and O–H groups in total. The van der Waals surface area contributed by atoms with Gasteiger partial charge in [0, 0.05) is 28.5 Å². The Balaban J connectivity index is 1.87. The number of anilines is 1. The van der Waals surface area contributed by atoms with Crippen molar-refractivity contribution in [3.05, 3.63) is 27.3 Å². The first kappa shape index (κ1) is 15.0. The van der Waals surface area contributed by atoms with E-state index in [1.54, 1.807) is 6.07 Å². The first-order valence-corrected chi connectivity index (χ1v) is 7.34. The molecule has 0 heterocycles. The summed E-state index contributed by atoms with van der Waals surface area (Å²) in [5.41, 5.74) is 7.37. The standard InChI is InChI=1S/C14H14INO4/c15-9-7-8(1-3-10(9)16)2-6-13(19)20-14-11(17)4-5-12(14)18/h1,3,7,14H,2,4-6,16H2. The zero-order valence-corrected chi connectivity index (χ0v) is 12.9. The number of rotatable bonds is 4. The van der Waals surface area contributed by atoms with Gasteiger partial charge in [-0.25, -0.2) is 0 Å². The van der Waals surface area contributed by atoms with Crippen molar-refractivity contribution in [2.75, 3.05) is 5.73 Å². The van der Waals surface area contributed by atoms with Crippen LogP contribution in [0.3, 0.4) is 0 Å². The molecule has 1 aromatic rings. The van der Waals surface area contributed by atoms with Crippen molar-refractivity contribution in [1.29, 1.82) is 0 Å². The summed E-state index contributed by atoms with van der Waals surface area (Å²) in [6, 6.07) is 5.53. The molecule has 1 aromatic carbocycles. The second-order valence-electron chi connectivity index (χ2n) is 4.66. The van der Waals surface area contributed by atoms with E-state index in [0.29, 0.717) is 12.1 Å². The van der Waals surface area contributed by atoms with Crippen molar-refractivity contribution in [1.82, 2.24) is 0 Å². The topological polar surface area (TPSA) is 86.5 Å². The Bertz CT molecular complexity index is 554. The maximum Gasteiger partial charge on any atom is 0.307 e. The molecule has 1 saturated carbocycles. The van der Waals surface area contributed by atoms with Gasteiger partial charge in [-0.15, -0.1) is 0 Å². The highest BCUT2D eigenvalue weighted by atomic mass is 127. The van der Waals surface area contributed by atoms with Crippen LogP contribution >= 0.6 is 22.6 Å². The molecule has 6 heteroatoms. The van der Waals surface area contributed by atoms with E-state index in [4.69, 9.17) is 10.5 Å². The summed E-state index contributed by atoms with van der Waals surface area (Å²) in [7, 11) is 0. The lowest BCUT2D eigenvalue weighted by atomic mass is 10.1. The average Bonchev–Trinajstić information content (AvgIpc) is 2.72. The van der Waals surface area contributed by atoms with Gasteiger partial charge in [0.2, 0.25) is 6.10 Å². The minimum atomic E-state index is -1.17. The van der Waals surface area contributed by atoms with E-state index < -0.39 is 12.1 Å². The van der Waals surface area contributed by atoms with Crippen LogP contribution in [0.2, 0.25) is 0 Å². The zero-order valence-electron chi connectivity index (χ0n) is 10.7. The number of ketones is 2. The van der Waals surface area contributed by atoms with Crippen LogP contribution in [0.5, 0.6) is 0 Å². The largest absolute Gasteiger partial charge is 0.446 e. The molecule has 2 rings (SSSR count). The second kappa shape index (κ2) is 6.34. The predicted octanol–water partition coefficient (Wildman–Crippen LogP) is 1.65. The molecule has 0 bridgehead atoms. The summed E-state index contributed by atoms with van der Waals surface area (Å²) in [5.74, 6) is -1.12. The number of benzene rings is 1. The fraction of sp³-hybridized carbons (Fsp3) is 0.357. The SMILES string of the molecule is Nc1ccc(CCC(=O)OC2C(=O)CCC2=O)cc1I. The first-order valence-electron chi connectivity index (χ1n) is 6.26. The van der Waals surface area contributed by atoms with Gasteiger partial charge in [-0.3, -0.25) is 14.4 Å². The average molecular weight is 387 g/mol. The number of aryl methyl sites for hydroxylation is 1. The normalized spacial score (nSPS) is 15.7. The number of Topliss-reactive ketones (excluding diaryl/α,β-unsaturated/α-hetero) is 2. The van der Waals surface area contributed by atoms with Crippen LogP contribution in [0.4, 0.5) is 5.69 Å². The van der Waals surface area contributed by atoms with Crippen LogP contribution in [0.25, 0.3) is 0 Å². The van der Waals surface area contributed by atoms with Crippen molar-refractivity contribution in [2.24, 2.45) is 0 Å². The lowest BCUT2D eigenvalue weighted by Crippen LogP contribution is -2.28. The number of nitrogen functional groups attached to an aromatic ring is 1. The van der Waals surface area contributed by atoms with Crippen molar-refractivity contribution in [3.63, 3.8) is 0 Å². The molecule has 1 fully saturated rings. The highest BCUT2D eigenvalue weighted by Gasteiger charge is 2.35. The van der Waals surface area contributed by atoms with Crippen LogP contribution in [-0.4, -0.2) is 23.6 Å². The van der Waals surface area contributed by atoms with E-state index in [2.05, 4.69) is 22.6 Å². The van der Waals surface area contributed by atoms with Crippen molar-refractivity contribution >= 4 is 45.8 Å². The summed E-state index contributed by atoms with van der Waals surface area (Å²) in [5, 5.41) is 0. The van der Waals surface area contributed by atoms with E-state index in [0.717, 1.165) is 9.13 Å². The van der Waals surface area contributed by atoms with Crippen LogP contribution in [0.1, 0.15) is 24.8 Å². The van der Waals surface area contributed by atoms with Gasteiger partial charge in [-0.2, -0.15) is 0 Å². The number of hydrogen-bond donors (Lipinski definition) is 1. The Morgan fingerprint density at radius 1 is 1.30 bits per heavy atom. The number of hydrogen-bond acceptors (Lipinski definition) is 5. The molecular weight excluding hydrogens is 373 g/mol. The number of esters is 1. The van der Waals surface area contributed by atoms with Gasteiger partial charge >= 0.3 is 5.97 Å². The lowest BCUT2D eigenvalue weighted by Gasteiger charge is -2.09. The fourth-order valence-electron chi connectivity index (χ4n) is 1.98. The molecule has 20 heavy (non-hydrogen) atoms. The summed E-state index contributed by atoms with van der Waals surface area (Å²) in [6.07, 6.45) is -0.199. The lowest BCUT2D eigenvalue weighted by molar-refractivity contribution is -0.157. The van der Waals surface area contributed by atoms with Gasteiger partial charge in [-0.1, -0.05) is 6.07 Å². The van der Waals surface area contributed by atoms with E-state index in [1.807, 2.05) is 12.1 Å². The number of ether oxygens (including phenoxy) is 1. The molecule has 0 saturated heterocycles. The quantitative estimate of drug-likeness (QED) is 0.368. The van der Waals surface area contributed by atoms with Gasteiger partial charge < -0.3 is 10.5 Å². The molecule has 0 aromatic heterocycles. The second-order valence-corrected chi connectivity index (χ2v) is 5.82. The van der Waals surface area contributed by atoms with Gasteiger partial charge in [0.25, 0.3) is 0 Å². The third kappa shape index (κ3) is 3.56. The third-order valence-electron chi connectivity index (χ3n) is 3.13. The summed E-state index contributed by atoms with van der Waals surface area (Å²) in [6.45, 7) is 0. The Labute approximate surface area is 130 Å². The maximum atomic E-state index is 11.7. The number of carbonyl (C=O) groups is 3. The van der Waals surface area contributed by atoms with E-state index >= 15 is 0 Å². The summed E-state index contributed by atoms with van der Waals surface area (Å²) >= 11 is 2.12. The van der Waals surface area contributed by atoms with Gasteiger partial charge in [0.15, 0.2) is 11.6 Å². The molecule has 0 atom stereocenters. The number of halogens is 1. The Morgan fingerprint density at radius 2 is 1.95 bits per heavy atom. The minimum absolute atomic E-state index is 0.136. The highest BCUT2D eigenvalue weighted by molar-refractivity contribution is 14.1. The number of nitrogens with two attached hydrogens (primary N) is 1. The van der Waals surface area contributed by atoms with E-state index in [1.165, 1.54) is 0 Å². The molecule has 0 unspecified atom stereocenters. The molecule has 1 aliphatic carbocycles. The zero-order chi connectivity index (χ0) is 14.7. The van der Waals surface area contributed by atoms with Crippen LogP contribution < -0.4 is 5.73 Å². The Kier molecular flexibility index (Phi) is 4.74. The maximum absolute atomic E-state index is 11.7. The molecule has 5 nitrogen and oxygen atoms in total. The van der Waals surface area contributed by atoms with Crippen molar-refractivity contribution in [2.45, 2.75) is 31.8 Å². The van der Waals surface area contributed by atoms with Crippen LogP contribution in [0.15, 0.2) is 18.2 Å². The molecule has 0 amide bonds. The number of carbonyl (C=O) groups excluding carboxylic acids is 3. The molecular formula is C14H14INO4. The summed E-state index contributed by atoms with van der Waals surface area (Å²) < 4.78 is 5.87. The smallest absolute Gasteiger partial charge is 0.307 e. The van der Waals surface area contributed by atoms with Crippen molar-refractivity contribution in [3.8, 4) is 0 Å². The highest BCUT2D eigenvalue weighted by Crippen LogP contribution is 2.18. The van der Waals surface area contributed by atoms with Gasteiger partial charge in [-0.05, 0) is 46.7 Å². The van der Waals surface area contributed by atoms with Crippen molar-refractivity contribution < 1.29 is 19.1 Å². The molecule has 0 radical (unpaired) electrons. The molecule has 1 aliphatic rings. The monoisotopic (exact) mass is 387 g/mol. The Morgan fingerprint density at radius 3 is 2.55 bits per heavy atom. The predicted molar refractivity (Wildman–Crippen MR) is 81.0 cm³/mol. The first-order chi connectivity index (χ1) is 9.47.